The standard InChI is InChI=1S/C17H21BrN2OS/c18-14-5-6-16(21)13(10-14)11-19-12-15(17-4-3-9-22-17)20-7-1-2-8-20/h3-6,9-10,15,19,21H,1-2,7-8,11-12H2. The predicted molar refractivity (Wildman–Crippen MR) is 95.4 cm³/mol. The molecule has 0 radical (unpaired) electrons. The Hall–Kier alpha value is -0.880. The van der Waals surface area contributed by atoms with Crippen LogP contribution in [0.25, 0.3) is 0 Å². The van der Waals surface area contributed by atoms with Crippen LogP contribution in [-0.4, -0.2) is 29.6 Å². The molecule has 1 aromatic heterocycles. The number of phenolic OH excluding ortho intramolecular Hbond substituents is 1. The highest BCUT2D eigenvalue weighted by atomic mass is 79.9. The smallest absolute Gasteiger partial charge is 0.120 e. The third-order valence-electron chi connectivity index (χ3n) is 4.15. The van der Waals surface area contributed by atoms with Crippen LogP contribution in [0.2, 0.25) is 0 Å². The van der Waals surface area contributed by atoms with Gasteiger partial charge in [-0.05, 0) is 55.6 Å². The molecule has 1 fully saturated rings. The summed E-state index contributed by atoms with van der Waals surface area (Å²) in [5.41, 5.74) is 0.931. The number of nitrogens with one attached hydrogen (secondary N) is 1. The predicted octanol–water partition coefficient (Wildman–Crippen LogP) is 4.14. The molecule has 2 heterocycles. The molecule has 0 saturated carbocycles. The Morgan fingerprint density at radius 1 is 1.27 bits per heavy atom. The lowest BCUT2D eigenvalue weighted by atomic mass is 10.1. The van der Waals surface area contributed by atoms with Crippen molar-refractivity contribution in [1.29, 1.82) is 0 Å². The Balaban J connectivity index is 1.63. The van der Waals surface area contributed by atoms with Crippen LogP contribution in [0.5, 0.6) is 5.75 Å². The summed E-state index contributed by atoms with van der Waals surface area (Å²) in [6.07, 6.45) is 2.60. The van der Waals surface area contributed by atoms with E-state index in [0.717, 1.165) is 16.6 Å². The number of halogens is 1. The minimum Gasteiger partial charge on any atom is -0.508 e. The van der Waals surface area contributed by atoms with Gasteiger partial charge in [0, 0.05) is 28.0 Å². The van der Waals surface area contributed by atoms with E-state index >= 15 is 0 Å². The van der Waals surface area contributed by atoms with Gasteiger partial charge < -0.3 is 10.4 Å². The Labute approximate surface area is 144 Å². The molecular formula is C17H21BrN2OS. The van der Waals surface area contributed by atoms with E-state index in [2.05, 4.69) is 43.7 Å². The second kappa shape index (κ2) is 7.59. The fourth-order valence-electron chi connectivity index (χ4n) is 2.98. The van der Waals surface area contributed by atoms with E-state index in [-0.39, 0.29) is 0 Å². The van der Waals surface area contributed by atoms with Gasteiger partial charge in [0.1, 0.15) is 5.75 Å². The third-order valence-corrected chi connectivity index (χ3v) is 5.61. The number of thiophene rings is 1. The minimum absolute atomic E-state index is 0.351. The van der Waals surface area contributed by atoms with Crippen LogP contribution in [-0.2, 0) is 6.54 Å². The van der Waals surface area contributed by atoms with E-state index in [4.69, 9.17) is 0 Å². The number of phenols is 1. The largest absolute Gasteiger partial charge is 0.508 e. The number of hydrogen-bond acceptors (Lipinski definition) is 4. The highest BCUT2D eigenvalue weighted by molar-refractivity contribution is 9.10. The van der Waals surface area contributed by atoms with Crippen LogP contribution in [0.1, 0.15) is 29.3 Å². The van der Waals surface area contributed by atoms with Crippen LogP contribution in [0.4, 0.5) is 0 Å². The number of rotatable bonds is 6. The summed E-state index contributed by atoms with van der Waals surface area (Å²) < 4.78 is 0.997. The molecule has 22 heavy (non-hydrogen) atoms. The molecule has 1 aliphatic heterocycles. The van der Waals surface area contributed by atoms with Gasteiger partial charge in [-0.25, -0.2) is 0 Å². The number of benzene rings is 1. The van der Waals surface area contributed by atoms with E-state index in [1.54, 1.807) is 6.07 Å². The van der Waals surface area contributed by atoms with Crippen molar-refractivity contribution in [2.75, 3.05) is 19.6 Å². The van der Waals surface area contributed by atoms with Crippen molar-refractivity contribution in [2.24, 2.45) is 0 Å². The molecule has 2 aromatic rings. The van der Waals surface area contributed by atoms with Gasteiger partial charge in [0.15, 0.2) is 0 Å². The van der Waals surface area contributed by atoms with E-state index < -0.39 is 0 Å². The molecule has 1 aromatic carbocycles. The van der Waals surface area contributed by atoms with Gasteiger partial charge in [0.2, 0.25) is 0 Å². The minimum atomic E-state index is 0.351. The zero-order chi connectivity index (χ0) is 15.4. The van der Waals surface area contributed by atoms with Gasteiger partial charge in [-0.1, -0.05) is 22.0 Å². The zero-order valence-corrected chi connectivity index (χ0v) is 14.9. The van der Waals surface area contributed by atoms with Crippen molar-refractivity contribution in [3.8, 4) is 5.75 Å². The molecule has 0 spiro atoms. The molecular weight excluding hydrogens is 360 g/mol. The van der Waals surface area contributed by atoms with Crippen molar-refractivity contribution in [3.63, 3.8) is 0 Å². The van der Waals surface area contributed by atoms with Gasteiger partial charge in [0.05, 0.1) is 6.04 Å². The summed E-state index contributed by atoms with van der Waals surface area (Å²) in [6, 6.07) is 10.4. The molecule has 0 aliphatic carbocycles. The van der Waals surface area contributed by atoms with Crippen LogP contribution in [0.3, 0.4) is 0 Å². The second-order valence-corrected chi connectivity index (χ2v) is 7.57. The average molecular weight is 381 g/mol. The quantitative estimate of drug-likeness (QED) is 0.790. The van der Waals surface area contributed by atoms with Crippen molar-refractivity contribution in [2.45, 2.75) is 25.4 Å². The highest BCUT2D eigenvalue weighted by Crippen LogP contribution is 2.28. The molecule has 0 bridgehead atoms. The van der Waals surface area contributed by atoms with E-state index in [9.17, 15) is 5.11 Å². The number of aromatic hydroxyl groups is 1. The van der Waals surface area contributed by atoms with Gasteiger partial charge in [0.25, 0.3) is 0 Å². The number of likely N-dealkylation sites (tertiary alicyclic amines) is 1. The normalized spacial score (nSPS) is 17.0. The maximum atomic E-state index is 9.93. The molecule has 0 amide bonds. The summed E-state index contributed by atoms with van der Waals surface area (Å²) in [7, 11) is 0. The van der Waals surface area contributed by atoms with Gasteiger partial charge in [-0.2, -0.15) is 0 Å². The lowest BCUT2D eigenvalue weighted by Crippen LogP contribution is -2.33. The topological polar surface area (TPSA) is 35.5 Å². The third kappa shape index (κ3) is 3.90. The van der Waals surface area contributed by atoms with Crippen LogP contribution < -0.4 is 5.32 Å². The lowest BCUT2D eigenvalue weighted by Gasteiger charge is -2.27. The Kier molecular flexibility index (Phi) is 5.52. The molecule has 1 unspecified atom stereocenters. The molecule has 3 nitrogen and oxygen atoms in total. The fraction of sp³-hybridized carbons (Fsp3) is 0.412. The number of nitrogens with zero attached hydrogens (tertiary/aromatic N) is 1. The van der Waals surface area contributed by atoms with Crippen molar-refractivity contribution < 1.29 is 5.11 Å². The van der Waals surface area contributed by atoms with Crippen LogP contribution in [0, 0.1) is 0 Å². The average Bonchev–Trinajstić information content (AvgIpc) is 3.20. The molecule has 1 aliphatic rings. The van der Waals surface area contributed by atoms with Gasteiger partial charge in [-0.3, -0.25) is 4.90 Å². The first-order valence-electron chi connectivity index (χ1n) is 7.69. The van der Waals surface area contributed by atoms with E-state index in [0.29, 0.717) is 18.3 Å². The fourth-order valence-corrected chi connectivity index (χ4v) is 4.25. The summed E-state index contributed by atoms with van der Waals surface area (Å²) in [5.74, 6) is 0.351. The first-order chi connectivity index (χ1) is 10.7. The molecule has 118 valence electrons. The summed E-state index contributed by atoms with van der Waals surface area (Å²) >= 11 is 5.29. The van der Waals surface area contributed by atoms with E-state index in [1.165, 1.54) is 30.8 Å². The zero-order valence-electron chi connectivity index (χ0n) is 12.5. The van der Waals surface area contributed by atoms with Crippen LogP contribution >= 0.6 is 27.3 Å². The molecule has 1 saturated heterocycles. The molecule has 3 rings (SSSR count). The molecule has 5 heteroatoms. The maximum Gasteiger partial charge on any atom is 0.120 e. The molecule has 2 N–H and O–H groups in total. The summed E-state index contributed by atoms with van der Waals surface area (Å²) in [6.45, 7) is 3.96. The first kappa shape index (κ1) is 16.0. The highest BCUT2D eigenvalue weighted by Gasteiger charge is 2.23. The SMILES string of the molecule is Oc1ccc(Br)cc1CNCC(c1cccs1)N1CCCC1. The Morgan fingerprint density at radius 2 is 2.09 bits per heavy atom. The summed E-state index contributed by atoms with van der Waals surface area (Å²) in [5, 5.41) is 15.6. The van der Waals surface area contributed by atoms with Crippen molar-refractivity contribution in [3.05, 3.63) is 50.6 Å². The second-order valence-electron chi connectivity index (χ2n) is 5.68. The van der Waals surface area contributed by atoms with Crippen molar-refractivity contribution >= 4 is 27.3 Å². The van der Waals surface area contributed by atoms with Gasteiger partial charge in [-0.15, -0.1) is 11.3 Å². The first-order valence-corrected chi connectivity index (χ1v) is 9.37. The number of hydrogen-bond donors (Lipinski definition) is 2. The monoisotopic (exact) mass is 380 g/mol. The van der Waals surface area contributed by atoms with Crippen molar-refractivity contribution in [1.82, 2.24) is 10.2 Å². The Morgan fingerprint density at radius 3 is 2.82 bits per heavy atom. The van der Waals surface area contributed by atoms with Crippen LogP contribution in [0.15, 0.2) is 40.2 Å². The summed E-state index contributed by atoms with van der Waals surface area (Å²) in [4.78, 5) is 3.99. The van der Waals surface area contributed by atoms with E-state index in [1.807, 2.05) is 23.5 Å². The Bertz CT molecular complexity index is 597. The maximum absolute atomic E-state index is 9.93. The molecule has 1 atom stereocenters. The van der Waals surface area contributed by atoms with Gasteiger partial charge >= 0.3 is 0 Å². The lowest BCUT2D eigenvalue weighted by molar-refractivity contribution is 0.241.